The molecule has 112 valence electrons. The molecule has 0 aliphatic heterocycles. The first kappa shape index (κ1) is 15.6. The average Bonchev–Trinajstić information content (AvgIpc) is 2.70. The number of rotatable bonds is 4. The number of sulfonamides is 1. The fourth-order valence-corrected chi connectivity index (χ4v) is 3.87. The zero-order valence-corrected chi connectivity index (χ0v) is 13.6. The molecule has 2 N–H and O–H groups in total. The molecular weight excluding hydrogens is 362 g/mol. The SMILES string of the molecule is Cc1cc(C)cc(NS(=O)(=O)c2cc(C(=O)O)oc2Br)c1. The van der Waals surface area contributed by atoms with E-state index in [9.17, 15) is 13.2 Å². The van der Waals surface area contributed by atoms with Gasteiger partial charge in [-0.3, -0.25) is 4.72 Å². The Balaban J connectivity index is 2.40. The van der Waals surface area contributed by atoms with E-state index in [1.807, 2.05) is 19.9 Å². The van der Waals surface area contributed by atoms with Gasteiger partial charge >= 0.3 is 5.97 Å². The molecule has 8 heteroatoms. The second-order valence-electron chi connectivity index (χ2n) is 4.54. The highest BCUT2D eigenvalue weighted by Crippen LogP contribution is 2.28. The average molecular weight is 374 g/mol. The number of carboxylic acids is 1. The van der Waals surface area contributed by atoms with Gasteiger partial charge in [-0.15, -0.1) is 0 Å². The maximum atomic E-state index is 12.3. The van der Waals surface area contributed by atoms with Crippen LogP contribution in [0.4, 0.5) is 5.69 Å². The maximum absolute atomic E-state index is 12.3. The number of furan rings is 1. The molecule has 0 aliphatic rings. The van der Waals surface area contributed by atoms with E-state index in [0.29, 0.717) is 5.69 Å². The molecule has 1 heterocycles. The van der Waals surface area contributed by atoms with Gasteiger partial charge in [0, 0.05) is 11.8 Å². The number of anilines is 1. The number of carboxylic acid groups (broad SMARTS) is 1. The molecule has 0 saturated heterocycles. The Kier molecular flexibility index (Phi) is 4.11. The van der Waals surface area contributed by atoms with Crippen LogP contribution in [0.1, 0.15) is 21.7 Å². The molecule has 2 rings (SSSR count). The summed E-state index contributed by atoms with van der Waals surface area (Å²) < 4.78 is 31.7. The molecule has 6 nitrogen and oxygen atoms in total. The normalized spacial score (nSPS) is 11.4. The molecule has 0 aliphatic carbocycles. The summed E-state index contributed by atoms with van der Waals surface area (Å²) in [5, 5.41) is 8.82. The molecule has 0 bridgehead atoms. The minimum Gasteiger partial charge on any atom is -0.475 e. The number of hydrogen-bond acceptors (Lipinski definition) is 4. The predicted molar refractivity (Wildman–Crippen MR) is 80.1 cm³/mol. The summed E-state index contributed by atoms with van der Waals surface area (Å²) in [7, 11) is -3.94. The maximum Gasteiger partial charge on any atom is 0.371 e. The van der Waals surface area contributed by atoms with Gasteiger partial charge in [-0.25, -0.2) is 13.2 Å². The lowest BCUT2D eigenvalue weighted by Crippen LogP contribution is -2.13. The van der Waals surface area contributed by atoms with Crippen molar-refractivity contribution in [3.05, 3.63) is 45.8 Å². The molecule has 0 spiro atoms. The van der Waals surface area contributed by atoms with Gasteiger partial charge in [0.05, 0.1) is 0 Å². The van der Waals surface area contributed by atoms with Gasteiger partial charge in [0.2, 0.25) is 5.76 Å². The summed E-state index contributed by atoms with van der Waals surface area (Å²) in [6, 6.07) is 6.22. The highest BCUT2D eigenvalue weighted by molar-refractivity contribution is 9.10. The molecule has 0 atom stereocenters. The number of carbonyl (C=O) groups is 1. The fourth-order valence-electron chi connectivity index (χ4n) is 1.88. The van der Waals surface area contributed by atoms with Crippen LogP contribution in [0.3, 0.4) is 0 Å². The van der Waals surface area contributed by atoms with Crippen LogP contribution in [0.15, 0.2) is 38.2 Å². The molecule has 0 radical (unpaired) electrons. The molecule has 1 aromatic heterocycles. The minimum absolute atomic E-state index is 0.156. The first-order chi connectivity index (χ1) is 9.69. The summed E-state index contributed by atoms with van der Waals surface area (Å²) in [6.07, 6.45) is 0. The van der Waals surface area contributed by atoms with Crippen molar-refractivity contribution in [3.63, 3.8) is 0 Å². The Hall–Kier alpha value is -1.80. The summed E-state index contributed by atoms with van der Waals surface area (Å²) >= 11 is 2.91. The van der Waals surface area contributed by atoms with Gasteiger partial charge in [0.1, 0.15) is 4.90 Å². The monoisotopic (exact) mass is 373 g/mol. The van der Waals surface area contributed by atoms with Crippen LogP contribution in [-0.2, 0) is 10.0 Å². The van der Waals surface area contributed by atoms with Crippen molar-refractivity contribution in [3.8, 4) is 0 Å². The summed E-state index contributed by atoms with van der Waals surface area (Å²) in [5.41, 5.74) is 2.22. The number of benzene rings is 1. The molecule has 0 fully saturated rings. The Morgan fingerprint density at radius 1 is 1.19 bits per heavy atom. The van der Waals surface area contributed by atoms with E-state index < -0.39 is 21.8 Å². The van der Waals surface area contributed by atoms with Gasteiger partial charge < -0.3 is 9.52 Å². The zero-order valence-electron chi connectivity index (χ0n) is 11.2. The number of hydrogen-bond donors (Lipinski definition) is 2. The number of nitrogens with one attached hydrogen (secondary N) is 1. The zero-order chi connectivity index (χ0) is 15.8. The first-order valence-corrected chi connectivity index (χ1v) is 8.10. The summed E-state index contributed by atoms with van der Waals surface area (Å²) in [6.45, 7) is 3.70. The second kappa shape index (κ2) is 5.53. The van der Waals surface area contributed by atoms with Crippen molar-refractivity contribution in [2.24, 2.45) is 0 Å². The lowest BCUT2D eigenvalue weighted by atomic mass is 10.1. The van der Waals surface area contributed by atoms with Crippen molar-refractivity contribution in [1.29, 1.82) is 0 Å². The molecule has 21 heavy (non-hydrogen) atoms. The molecule has 2 aromatic rings. The van der Waals surface area contributed by atoms with Crippen molar-refractivity contribution < 1.29 is 22.7 Å². The van der Waals surface area contributed by atoms with Crippen LogP contribution in [0, 0.1) is 13.8 Å². The van der Waals surface area contributed by atoms with E-state index in [1.54, 1.807) is 12.1 Å². The Labute approximate surface area is 130 Å². The van der Waals surface area contributed by atoms with E-state index in [-0.39, 0.29) is 9.56 Å². The van der Waals surface area contributed by atoms with Gasteiger partial charge in [-0.1, -0.05) is 6.07 Å². The highest BCUT2D eigenvalue weighted by atomic mass is 79.9. The van der Waals surface area contributed by atoms with Crippen LogP contribution in [0.5, 0.6) is 0 Å². The van der Waals surface area contributed by atoms with Crippen molar-refractivity contribution in [1.82, 2.24) is 0 Å². The van der Waals surface area contributed by atoms with E-state index in [0.717, 1.165) is 17.2 Å². The van der Waals surface area contributed by atoms with E-state index in [4.69, 9.17) is 9.52 Å². The van der Waals surface area contributed by atoms with Crippen molar-refractivity contribution in [2.45, 2.75) is 18.7 Å². The van der Waals surface area contributed by atoms with Gasteiger partial charge in [0.25, 0.3) is 10.0 Å². The lowest BCUT2D eigenvalue weighted by molar-refractivity contribution is 0.0661. The summed E-state index contributed by atoms with van der Waals surface area (Å²) in [5.74, 6) is -1.80. The quantitative estimate of drug-likeness (QED) is 0.857. The third-order valence-electron chi connectivity index (χ3n) is 2.63. The third-order valence-corrected chi connectivity index (χ3v) is 4.87. The Morgan fingerprint density at radius 3 is 2.24 bits per heavy atom. The van der Waals surface area contributed by atoms with Crippen LogP contribution >= 0.6 is 15.9 Å². The number of halogens is 1. The molecule has 0 unspecified atom stereocenters. The Bertz CT molecular complexity index is 790. The largest absolute Gasteiger partial charge is 0.475 e. The van der Waals surface area contributed by atoms with Crippen LogP contribution in [0.2, 0.25) is 0 Å². The van der Waals surface area contributed by atoms with Crippen LogP contribution in [-0.4, -0.2) is 19.5 Å². The Morgan fingerprint density at radius 2 is 1.76 bits per heavy atom. The molecule has 0 saturated carbocycles. The van der Waals surface area contributed by atoms with Gasteiger partial charge in [0.15, 0.2) is 4.67 Å². The second-order valence-corrected chi connectivity index (χ2v) is 6.91. The van der Waals surface area contributed by atoms with Gasteiger partial charge in [-0.2, -0.15) is 0 Å². The first-order valence-electron chi connectivity index (χ1n) is 5.83. The molecular formula is C13H12BrNO5S. The van der Waals surface area contributed by atoms with Crippen molar-refractivity contribution in [2.75, 3.05) is 4.72 Å². The van der Waals surface area contributed by atoms with Crippen molar-refractivity contribution >= 4 is 37.6 Å². The molecule has 0 amide bonds. The highest BCUT2D eigenvalue weighted by Gasteiger charge is 2.25. The summed E-state index contributed by atoms with van der Waals surface area (Å²) in [4.78, 5) is 10.5. The smallest absolute Gasteiger partial charge is 0.371 e. The van der Waals surface area contributed by atoms with Crippen LogP contribution in [0.25, 0.3) is 0 Å². The third kappa shape index (κ3) is 3.45. The van der Waals surface area contributed by atoms with Crippen LogP contribution < -0.4 is 4.72 Å². The van der Waals surface area contributed by atoms with E-state index >= 15 is 0 Å². The van der Waals surface area contributed by atoms with Gasteiger partial charge in [-0.05, 0) is 53.0 Å². The lowest BCUT2D eigenvalue weighted by Gasteiger charge is -2.08. The topological polar surface area (TPSA) is 96.6 Å². The fraction of sp³-hybridized carbons (Fsp3) is 0.154. The number of aromatic carboxylic acids is 1. The standard InChI is InChI=1S/C13H12BrNO5S/c1-7-3-8(2)5-9(4-7)15-21(18,19)11-6-10(13(16)17)20-12(11)14/h3-6,15H,1-2H3,(H,16,17). The predicted octanol–water partition coefficient (Wildman–Crippen LogP) is 3.16. The number of aryl methyl sites for hydroxylation is 2. The van der Waals surface area contributed by atoms with E-state index in [1.165, 1.54) is 0 Å². The van der Waals surface area contributed by atoms with E-state index in [2.05, 4.69) is 20.7 Å². The minimum atomic E-state index is -3.94. The molecule has 1 aromatic carbocycles.